The fraction of sp³-hybridized carbons (Fsp3) is 0.0714. The van der Waals surface area contributed by atoms with Crippen molar-refractivity contribution in [2.75, 3.05) is 11.0 Å². The van der Waals surface area contributed by atoms with Crippen molar-refractivity contribution in [3.8, 4) is 0 Å². The number of H-pyrrole nitrogens is 1. The molecular weight excluding hydrogens is 361 g/mol. The van der Waals surface area contributed by atoms with E-state index < -0.39 is 19.9 Å². The van der Waals surface area contributed by atoms with Crippen molar-refractivity contribution in [3.05, 3.63) is 48.7 Å². The molecule has 7 nitrogen and oxygen atoms in total. The van der Waals surface area contributed by atoms with Crippen LogP contribution in [0, 0.1) is 6.20 Å². The molecule has 10 heteroatoms. The summed E-state index contributed by atoms with van der Waals surface area (Å²) in [5.74, 6) is 0. The van der Waals surface area contributed by atoms with Gasteiger partial charge in [0.25, 0.3) is 10.0 Å². The average molecular weight is 373 g/mol. The van der Waals surface area contributed by atoms with E-state index in [2.05, 4.69) is 21.1 Å². The summed E-state index contributed by atoms with van der Waals surface area (Å²) in [6.07, 6.45) is 3.65. The summed E-state index contributed by atoms with van der Waals surface area (Å²) in [5.41, 5.74) is 1.00. The third kappa shape index (κ3) is 3.81. The molecule has 0 bridgehead atoms. The monoisotopic (exact) mass is 373 g/mol. The molecule has 1 heterocycles. The van der Waals surface area contributed by atoms with E-state index in [4.69, 9.17) is 0 Å². The molecule has 120 valence electrons. The Labute approximate surface area is 161 Å². The number of hydrogen-bond donors (Lipinski definition) is 2. The number of sulfone groups is 1. The molecule has 1 aromatic heterocycles. The van der Waals surface area contributed by atoms with Crippen molar-refractivity contribution < 1.29 is 46.4 Å². The summed E-state index contributed by atoms with van der Waals surface area (Å²) in [5, 5.41) is 7.06. The summed E-state index contributed by atoms with van der Waals surface area (Å²) in [4.78, 5) is -0.540. The maximum absolute atomic E-state index is 12.5. The molecular formula is C14H12N3NaO4S2. The van der Waals surface area contributed by atoms with Gasteiger partial charge in [-0.3, -0.25) is 9.82 Å². The number of aromatic amines is 1. The van der Waals surface area contributed by atoms with Gasteiger partial charge in [0, 0.05) is 6.26 Å². The first-order valence-electron chi connectivity index (χ1n) is 6.45. The molecule has 0 saturated heterocycles. The zero-order valence-electron chi connectivity index (χ0n) is 12.9. The van der Waals surface area contributed by atoms with Crippen molar-refractivity contribution in [2.45, 2.75) is 9.79 Å². The number of hydrogen-bond acceptors (Lipinski definition) is 5. The molecule has 0 aliphatic rings. The van der Waals surface area contributed by atoms with Crippen molar-refractivity contribution in [1.29, 1.82) is 0 Å². The zero-order valence-corrected chi connectivity index (χ0v) is 16.6. The van der Waals surface area contributed by atoms with Gasteiger partial charge in [0.05, 0.1) is 4.90 Å². The number of aromatic nitrogens is 2. The van der Waals surface area contributed by atoms with Crippen LogP contribution in [0.4, 0.5) is 5.69 Å². The molecule has 0 aliphatic heterocycles. The third-order valence-corrected chi connectivity index (χ3v) is 5.89. The number of rotatable bonds is 4. The number of nitrogens with zero attached hydrogens (tertiary/aromatic N) is 1. The van der Waals surface area contributed by atoms with E-state index in [-0.39, 0.29) is 39.3 Å². The summed E-state index contributed by atoms with van der Waals surface area (Å²) in [7, 11) is -7.73. The Morgan fingerprint density at radius 1 is 1.04 bits per heavy atom. The van der Waals surface area contributed by atoms with Crippen LogP contribution >= 0.6 is 0 Å². The number of sulfonamides is 1. The number of nitrogens with one attached hydrogen (secondary N) is 2. The maximum atomic E-state index is 12.5. The minimum absolute atomic E-state index is 0. The van der Waals surface area contributed by atoms with E-state index >= 15 is 0 Å². The van der Waals surface area contributed by atoms with E-state index in [0.717, 1.165) is 6.26 Å². The molecule has 0 saturated carbocycles. The first-order chi connectivity index (χ1) is 10.8. The molecule has 0 spiro atoms. The first-order valence-corrected chi connectivity index (χ1v) is 9.82. The van der Waals surface area contributed by atoms with Crippen LogP contribution in [0.5, 0.6) is 0 Å². The van der Waals surface area contributed by atoms with Gasteiger partial charge in [-0.1, -0.05) is 24.3 Å². The van der Waals surface area contributed by atoms with Gasteiger partial charge in [0.15, 0.2) is 9.84 Å². The average Bonchev–Trinajstić information content (AvgIpc) is 2.93. The van der Waals surface area contributed by atoms with Crippen LogP contribution in [0.3, 0.4) is 0 Å². The molecule has 3 aromatic rings. The standard InChI is InChI=1S/C14H12N3O4S2.Na/c1-22(18,19)13-4-2-3-5-14(13)23(20,21)17-11-6-7-12-10(8-11)9-15-16-12;/h2-8,17H,1H3,(H,15,16);/q-1;+1. The molecule has 0 atom stereocenters. The summed E-state index contributed by atoms with van der Waals surface area (Å²) in [6.45, 7) is 0. The van der Waals surface area contributed by atoms with Crippen LogP contribution in [-0.4, -0.2) is 33.3 Å². The van der Waals surface area contributed by atoms with Crippen molar-refractivity contribution in [2.24, 2.45) is 0 Å². The Bertz CT molecular complexity index is 1090. The predicted molar refractivity (Wildman–Crippen MR) is 85.3 cm³/mol. The van der Waals surface area contributed by atoms with Crippen molar-refractivity contribution in [1.82, 2.24) is 10.2 Å². The number of fused-ring (bicyclic) bond motifs is 1. The van der Waals surface area contributed by atoms with Crippen LogP contribution in [0.1, 0.15) is 0 Å². The summed E-state index contributed by atoms with van der Waals surface area (Å²) >= 11 is 0. The minimum atomic E-state index is -4.05. The molecule has 2 N–H and O–H groups in total. The van der Waals surface area contributed by atoms with E-state index in [9.17, 15) is 16.8 Å². The summed E-state index contributed by atoms with van der Waals surface area (Å²) in [6, 6.07) is 10.2. The molecule has 0 unspecified atom stereocenters. The van der Waals surface area contributed by atoms with E-state index in [0.29, 0.717) is 16.6 Å². The van der Waals surface area contributed by atoms with Crippen LogP contribution in [0.2, 0.25) is 0 Å². The molecule has 0 aliphatic carbocycles. The van der Waals surface area contributed by atoms with Crippen LogP contribution in [0.25, 0.3) is 10.9 Å². The second-order valence-electron chi connectivity index (χ2n) is 4.92. The van der Waals surface area contributed by atoms with Gasteiger partial charge < -0.3 is 5.10 Å². The third-order valence-electron chi connectivity index (χ3n) is 3.16. The van der Waals surface area contributed by atoms with Gasteiger partial charge in [0.2, 0.25) is 0 Å². The van der Waals surface area contributed by atoms with Crippen LogP contribution in [0.15, 0.2) is 52.3 Å². The van der Waals surface area contributed by atoms with Crippen LogP contribution < -0.4 is 34.3 Å². The molecule has 0 radical (unpaired) electrons. The van der Waals surface area contributed by atoms with Gasteiger partial charge in [-0.2, -0.15) is 0 Å². The molecule has 2 aromatic carbocycles. The van der Waals surface area contributed by atoms with Gasteiger partial charge in [-0.25, -0.2) is 16.8 Å². The number of benzene rings is 2. The second-order valence-corrected chi connectivity index (χ2v) is 8.56. The fourth-order valence-corrected chi connectivity index (χ4v) is 4.82. The second kappa shape index (κ2) is 6.85. The Balaban J connectivity index is 0.00000208. The van der Waals surface area contributed by atoms with Crippen molar-refractivity contribution >= 4 is 36.5 Å². The largest absolute Gasteiger partial charge is 1.00 e. The summed E-state index contributed by atoms with van der Waals surface area (Å²) < 4.78 is 51.0. The topological polar surface area (TPSA) is 109 Å². The van der Waals surface area contributed by atoms with E-state index in [1.165, 1.54) is 24.3 Å². The molecule has 3 rings (SSSR count). The Kier molecular flexibility index (Phi) is 5.41. The van der Waals surface area contributed by atoms with E-state index in [1.807, 2.05) is 0 Å². The fourth-order valence-electron chi connectivity index (χ4n) is 2.13. The zero-order chi connectivity index (χ0) is 16.7. The van der Waals surface area contributed by atoms with Crippen molar-refractivity contribution in [3.63, 3.8) is 0 Å². The smallest absolute Gasteiger partial charge is 0.344 e. The quantitative estimate of drug-likeness (QED) is 0.431. The van der Waals surface area contributed by atoms with Gasteiger partial charge in [0.1, 0.15) is 4.90 Å². The first kappa shape index (κ1) is 18.9. The predicted octanol–water partition coefficient (Wildman–Crippen LogP) is -1.43. The molecule has 0 fully saturated rings. The molecule has 0 amide bonds. The van der Waals surface area contributed by atoms with Gasteiger partial charge in [-0.15, -0.1) is 11.5 Å². The van der Waals surface area contributed by atoms with Crippen LogP contribution in [-0.2, 0) is 19.9 Å². The maximum Gasteiger partial charge on any atom is 1.00 e. The van der Waals surface area contributed by atoms with Gasteiger partial charge >= 0.3 is 29.6 Å². The SMILES string of the molecule is CS(=O)(=O)c1ccccc1S(=O)(=O)Nc1ccc2[nH]n[c-]c2c1.[Na+]. The number of anilines is 1. The molecule has 24 heavy (non-hydrogen) atoms. The minimum Gasteiger partial charge on any atom is -0.344 e. The Morgan fingerprint density at radius 2 is 1.71 bits per heavy atom. The van der Waals surface area contributed by atoms with Gasteiger partial charge in [-0.05, 0) is 29.5 Å². The Morgan fingerprint density at radius 3 is 2.38 bits per heavy atom. The Hall–Kier alpha value is -1.39. The normalized spacial score (nSPS) is 11.9. The van der Waals surface area contributed by atoms with E-state index in [1.54, 1.807) is 18.2 Å².